The van der Waals surface area contributed by atoms with E-state index in [2.05, 4.69) is 18.2 Å². The SMILES string of the molecule is CCC(C)(C)C(=O)OC1CCCCCc2ccccc21. The molecular formula is C18H26O2. The number of esters is 1. The van der Waals surface area contributed by atoms with Gasteiger partial charge in [0, 0.05) is 0 Å². The Hall–Kier alpha value is -1.31. The van der Waals surface area contributed by atoms with Gasteiger partial charge in [-0.3, -0.25) is 4.79 Å². The van der Waals surface area contributed by atoms with Crippen molar-refractivity contribution in [3.63, 3.8) is 0 Å². The van der Waals surface area contributed by atoms with Crippen LogP contribution in [-0.2, 0) is 16.0 Å². The third-order valence-corrected chi connectivity index (χ3v) is 4.50. The van der Waals surface area contributed by atoms with Crippen LogP contribution >= 0.6 is 0 Å². The Bertz CT molecular complexity index is 462. The number of aryl methyl sites for hydroxylation is 1. The Morgan fingerprint density at radius 2 is 2.00 bits per heavy atom. The minimum atomic E-state index is -0.392. The molecular weight excluding hydrogens is 248 g/mol. The number of carbonyl (C=O) groups is 1. The third-order valence-electron chi connectivity index (χ3n) is 4.50. The van der Waals surface area contributed by atoms with Crippen LogP contribution in [0.4, 0.5) is 0 Å². The van der Waals surface area contributed by atoms with E-state index in [1.54, 1.807) is 0 Å². The van der Waals surface area contributed by atoms with Crippen molar-refractivity contribution in [1.82, 2.24) is 0 Å². The summed E-state index contributed by atoms with van der Waals surface area (Å²) in [6, 6.07) is 8.42. The second-order valence-corrected chi connectivity index (χ2v) is 6.43. The van der Waals surface area contributed by atoms with Crippen LogP contribution < -0.4 is 0 Å². The molecule has 2 rings (SSSR count). The van der Waals surface area contributed by atoms with Crippen LogP contribution in [0.15, 0.2) is 24.3 Å². The highest BCUT2D eigenvalue weighted by Crippen LogP contribution is 2.33. The molecule has 0 aliphatic heterocycles. The van der Waals surface area contributed by atoms with Crippen molar-refractivity contribution >= 4 is 5.97 Å². The molecule has 1 aliphatic carbocycles. The fourth-order valence-electron chi connectivity index (χ4n) is 2.61. The van der Waals surface area contributed by atoms with Crippen molar-refractivity contribution in [2.24, 2.45) is 5.41 Å². The molecule has 0 aromatic heterocycles. The average Bonchev–Trinajstić information content (AvgIpc) is 2.43. The van der Waals surface area contributed by atoms with E-state index in [0.717, 1.165) is 25.7 Å². The second-order valence-electron chi connectivity index (χ2n) is 6.43. The van der Waals surface area contributed by atoms with Crippen molar-refractivity contribution in [2.45, 2.75) is 65.4 Å². The summed E-state index contributed by atoms with van der Waals surface area (Å²) in [6.07, 6.45) is 6.38. The molecule has 2 nitrogen and oxygen atoms in total. The normalized spacial score (nSPS) is 19.6. The van der Waals surface area contributed by atoms with Gasteiger partial charge in [-0.1, -0.05) is 37.6 Å². The number of carbonyl (C=O) groups excluding carboxylic acids is 1. The van der Waals surface area contributed by atoms with E-state index < -0.39 is 5.41 Å². The quantitative estimate of drug-likeness (QED) is 0.738. The lowest BCUT2D eigenvalue weighted by Gasteiger charge is -2.28. The molecule has 0 amide bonds. The maximum atomic E-state index is 12.3. The molecule has 0 radical (unpaired) electrons. The van der Waals surface area contributed by atoms with E-state index in [4.69, 9.17) is 4.74 Å². The van der Waals surface area contributed by atoms with Gasteiger partial charge in [0.1, 0.15) is 6.10 Å². The first-order valence-corrected chi connectivity index (χ1v) is 7.83. The van der Waals surface area contributed by atoms with Crippen LogP contribution in [0.5, 0.6) is 0 Å². The summed E-state index contributed by atoms with van der Waals surface area (Å²) in [4.78, 5) is 12.3. The largest absolute Gasteiger partial charge is 0.457 e. The van der Waals surface area contributed by atoms with E-state index >= 15 is 0 Å². The predicted octanol–water partition coefficient (Wildman–Crippen LogP) is 4.82. The standard InChI is InChI=1S/C18H26O2/c1-4-18(2,3)17(19)20-16-13-7-5-6-10-14-11-8-9-12-15(14)16/h8-9,11-12,16H,4-7,10,13H2,1-3H3. The highest BCUT2D eigenvalue weighted by Gasteiger charge is 2.30. The first-order valence-electron chi connectivity index (χ1n) is 7.83. The van der Waals surface area contributed by atoms with Gasteiger partial charge in [-0.05, 0) is 57.1 Å². The fraction of sp³-hybridized carbons (Fsp3) is 0.611. The molecule has 2 heteroatoms. The van der Waals surface area contributed by atoms with Crippen LogP contribution in [0.1, 0.15) is 70.1 Å². The third kappa shape index (κ3) is 3.41. The predicted molar refractivity (Wildman–Crippen MR) is 81.5 cm³/mol. The summed E-state index contributed by atoms with van der Waals surface area (Å²) >= 11 is 0. The van der Waals surface area contributed by atoms with Gasteiger partial charge in [0.25, 0.3) is 0 Å². The summed E-state index contributed by atoms with van der Waals surface area (Å²) in [5, 5.41) is 0. The minimum Gasteiger partial charge on any atom is -0.457 e. The topological polar surface area (TPSA) is 26.3 Å². The molecule has 1 atom stereocenters. The lowest BCUT2D eigenvalue weighted by atomic mass is 9.89. The smallest absolute Gasteiger partial charge is 0.312 e. The Morgan fingerprint density at radius 1 is 1.25 bits per heavy atom. The molecule has 20 heavy (non-hydrogen) atoms. The van der Waals surface area contributed by atoms with Gasteiger partial charge in [0.2, 0.25) is 0 Å². The first-order chi connectivity index (χ1) is 9.54. The Morgan fingerprint density at radius 3 is 2.75 bits per heavy atom. The molecule has 1 aromatic carbocycles. The van der Waals surface area contributed by atoms with Crippen molar-refractivity contribution in [3.8, 4) is 0 Å². The molecule has 0 heterocycles. The highest BCUT2D eigenvalue weighted by atomic mass is 16.5. The Kier molecular flexibility index (Phi) is 4.85. The number of ether oxygens (including phenoxy) is 1. The molecule has 0 spiro atoms. The van der Waals surface area contributed by atoms with Gasteiger partial charge in [0.15, 0.2) is 0 Å². The maximum absolute atomic E-state index is 12.3. The number of rotatable bonds is 3. The maximum Gasteiger partial charge on any atom is 0.312 e. The lowest BCUT2D eigenvalue weighted by molar-refractivity contribution is -0.160. The zero-order valence-electron chi connectivity index (χ0n) is 12.9. The van der Waals surface area contributed by atoms with Gasteiger partial charge in [-0.25, -0.2) is 0 Å². The van der Waals surface area contributed by atoms with Crippen molar-refractivity contribution in [3.05, 3.63) is 35.4 Å². The van der Waals surface area contributed by atoms with E-state index in [-0.39, 0.29) is 12.1 Å². The summed E-state index contributed by atoms with van der Waals surface area (Å²) in [5.41, 5.74) is 2.17. The number of hydrogen-bond donors (Lipinski definition) is 0. The summed E-state index contributed by atoms with van der Waals surface area (Å²) in [5.74, 6) is -0.0691. The molecule has 0 N–H and O–H groups in total. The Balaban J connectivity index is 2.21. The van der Waals surface area contributed by atoms with Crippen molar-refractivity contribution in [2.75, 3.05) is 0 Å². The van der Waals surface area contributed by atoms with Crippen LogP contribution in [0, 0.1) is 5.41 Å². The van der Waals surface area contributed by atoms with Gasteiger partial charge in [-0.2, -0.15) is 0 Å². The molecule has 0 saturated heterocycles. The molecule has 1 aromatic rings. The van der Waals surface area contributed by atoms with E-state index in [9.17, 15) is 4.79 Å². The number of hydrogen-bond acceptors (Lipinski definition) is 2. The van der Waals surface area contributed by atoms with E-state index in [1.807, 2.05) is 26.8 Å². The molecule has 0 bridgehead atoms. The molecule has 110 valence electrons. The number of fused-ring (bicyclic) bond motifs is 1. The summed E-state index contributed by atoms with van der Waals surface area (Å²) in [7, 11) is 0. The van der Waals surface area contributed by atoms with Crippen LogP contribution in [0.25, 0.3) is 0 Å². The lowest BCUT2D eigenvalue weighted by Crippen LogP contribution is -2.28. The molecule has 1 unspecified atom stereocenters. The van der Waals surface area contributed by atoms with E-state index in [0.29, 0.717) is 0 Å². The fourth-order valence-corrected chi connectivity index (χ4v) is 2.61. The van der Waals surface area contributed by atoms with Gasteiger partial charge >= 0.3 is 5.97 Å². The van der Waals surface area contributed by atoms with E-state index in [1.165, 1.54) is 24.0 Å². The van der Waals surface area contributed by atoms with Gasteiger partial charge < -0.3 is 4.74 Å². The second kappa shape index (κ2) is 6.43. The first kappa shape index (κ1) is 15.1. The molecule has 1 aliphatic rings. The van der Waals surface area contributed by atoms with Crippen LogP contribution in [-0.4, -0.2) is 5.97 Å². The zero-order chi connectivity index (χ0) is 14.6. The summed E-state index contributed by atoms with van der Waals surface area (Å²) in [6.45, 7) is 5.96. The van der Waals surface area contributed by atoms with Crippen LogP contribution in [0.3, 0.4) is 0 Å². The Labute approximate surface area is 122 Å². The van der Waals surface area contributed by atoms with Crippen LogP contribution in [0.2, 0.25) is 0 Å². The average molecular weight is 274 g/mol. The monoisotopic (exact) mass is 274 g/mol. The number of benzene rings is 1. The molecule has 0 fully saturated rings. The van der Waals surface area contributed by atoms with Gasteiger partial charge in [0.05, 0.1) is 5.41 Å². The zero-order valence-corrected chi connectivity index (χ0v) is 12.9. The van der Waals surface area contributed by atoms with Crippen molar-refractivity contribution in [1.29, 1.82) is 0 Å². The van der Waals surface area contributed by atoms with Crippen molar-refractivity contribution < 1.29 is 9.53 Å². The highest BCUT2D eigenvalue weighted by molar-refractivity contribution is 5.76. The van der Waals surface area contributed by atoms with Gasteiger partial charge in [-0.15, -0.1) is 0 Å². The minimum absolute atomic E-state index is 0.0650. The summed E-state index contributed by atoms with van der Waals surface area (Å²) < 4.78 is 5.87. The molecule has 0 saturated carbocycles.